The first-order valence-electron chi connectivity index (χ1n) is 17.6. The SMILES string of the molecule is COc1cc2c(NS(=O)(=O)c3c(OC)cc([C@@H]4CCCN4C(=O)OC(C)(C)C)cc3OC)noc2cc1Nc1cc(C2CC2)n(C2CCCCO2)n1. The Morgan fingerprint density at radius 3 is 2.29 bits per heavy atom. The first-order chi connectivity index (χ1) is 24.9. The molecule has 1 amide bonds. The van der Waals surface area contributed by atoms with Crippen molar-refractivity contribution in [2.24, 2.45) is 0 Å². The number of ether oxygens (including phenoxy) is 5. The number of anilines is 3. The van der Waals surface area contributed by atoms with E-state index in [1.54, 1.807) is 29.2 Å². The Morgan fingerprint density at radius 2 is 1.65 bits per heavy atom. The standard InChI is InChI=1S/C36H46N6O9S/c1-36(2,3)50-35(43)41-14-9-10-25(41)22-16-29(47-5)33(30(17-22)48-6)52(44,45)40-34-23-18-28(46-4)24(19-27(23)51-39-34)37-31-20-26(21-12-13-21)42(38-31)32-11-7-8-15-49-32/h16-21,25,32H,7-15H2,1-6H3,(H,37,38)(H,39,40)/t25-,32?/m0/s1. The van der Waals surface area contributed by atoms with Crippen LogP contribution in [0.15, 0.2) is 39.8 Å². The van der Waals surface area contributed by atoms with Gasteiger partial charge in [0.1, 0.15) is 22.8 Å². The molecule has 0 spiro atoms. The van der Waals surface area contributed by atoms with Crippen molar-refractivity contribution >= 4 is 44.4 Å². The summed E-state index contributed by atoms with van der Waals surface area (Å²) in [6.45, 7) is 6.66. The topological polar surface area (TPSA) is 169 Å². The van der Waals surface area contributed by atoms with Gasteiger partial charge in [-0.3, -0.25) is 4.72 Å². The molecule has 7 rings (SSSR count). The van der Waals surface area contributed by atoms with Crippen LogP contribution in [0.3, 0.4) is 0 Å². The van der Waals surface area contributed by atoms with Gasteiger partial charge >= 0.3 is 6.09 Å². The zero-order valence-corrected chi connectivity index (χ0v) is 31.2. The Bertz CT molecular complexity index is 2040. The molecule has 16 heteroatoms. The first-order valence-corrected chi connectivity index (χ1v) is 19.1. The van der Waals surface area contributed by atoms with Crippen molar-refractivity contribution in [3.63, 3.8) is 0 Å². The first kappa shape index (κ1) is 35.7. The largest absolute Gasteiger partial charge is 0.495 e. The number of carbonyl (C=O) groups is 1. The number of methoxy groups -OCH3 is 3. The summed E-state index contributed by atoms with van der Waals surface area (Å²) in [5, 5.41) is 12.7. The van der Waals surface area contributed by atoms with E-state index in [9.17, 15) is 13.2 Å². The number of amides is 1. The Balaban J connectivity index is 1.16. The molecule has 280 valence electrons. The summed E-state index contributed by atoms with van der Waals surface area (Å²) in [6.07, 6.45) is 6.22. The fourth-order valence-corrected chi connectivity index (χ4v) is 8.25. The molecule has 15 nitrogen and oxygen atoms in total. The molecule has 0 bridgehead atoms. The molecule has 1 unspecified atom stereocenters. The highest BCUT2D eigenvalue weighted by Crippen LogP contribution is 2.45. The maximum Gasteiger partial charge on any atom is 0.410 e. The molecule has 2 atom stereocenters. The molecule has 4 heterocycles. The van der Waals surface area contributed by atoms with Crippen LogP contribution in [0.5, 0.6) is 17.2 Å². The number of sulfonamides is 1. The Kier molecular flexibility index (Phi) is 9.63. The number of aromatic nitrogens is 3. The Labute approximate surface area is 302 Å². The van der Waals surface area contributed by atoms with Crippen molar-refractivity contribution in [2.75, 3.05) is 44.5 Å². The smallest absolute Gasteiger partial charge is 0.410 e. The van der Waals surface area contributed by atoms with Crippen molar-refractivity contribution < 1.29 is 41.4 Å². The molecule has 3 fully saturated rings. The van der Waals surface area contributed by atoms with Gasteiger partial charge in [0.15, 0.2) is 28.3 Å². The van der Waals surface area contributed by atoms with Crippen molar-refractivity contribution in [1.82, 2.24) is 19.8 Å². The molecule has 1 saturated carbocycles. The number of hydrogen-bond acceptors (Lipinski definition) is 12. The van der Waals surface area contributed by atoms with E-state index in [4.69, 9.17) is 33.3 Å². The average molecular weight is 739 g/mol. The fourth-order valence-electron chi connectivity index (χ4n) is 6.93. The van der Waals surface area contributed by atoms with Gasteiger partial charge in [0, 0.05) is 36.9 Å². The number of nitrogens with one attached hydrogen (secondary N) is 2. The quantitative estimate of drug-likeness (QED) is 0.158. The molecule has 0 radical (unpaired) electrons. The molecule has 2 aliphatic heterocycles. The van der Waals surface area contributed by atoms with Gasteiger partial charge in [0.05, 0.1) is 38.4 Å². The second kappa shape index (κ2) is 14.0. The van der Waals surface area contributed by atoms with E-state index >= 15 is 0 Å². The summed E-state index contributed by atoms with van der Waals surface area (Å²) in [5.41, 5.74) is 2.03. The van der Waals surface area contributed by atoms with Crippen molar-refractivity contribution in [2.45, 2.75) is 94.4 Å². The zero-order valence-electron chi connectivity index (χ0n) is 30.4. The number of likely N-dealkylation sites (tertiary alicyclic amines) is 1. The van der Waals surface area contributed by atoms with E-state index in [-0.39, 0.29) is 34.5 Å². The maximum absolute atomic E-state index is 14.1. The number of nitrogens with zero attached hydrogens (tertiary/aromatic N) is 4. The second-order valence-electron chi connectivity index (χ2n) is 14.4. The minimum Gasteiger partial charge on any atom is -0.495 e. The Hall–Kier alpha value is -4.70. The fraction of sp³-hybridized carbons (Fsp3) is 0.528. The zero-order chi connectivity index (χ0) is 36.8. The monoisotopic (exact) mass is 738 g/mol. The lowest BCUT2D eigenvalue weighted by molar-refractivity contribution is -0.0409. The predicted molar refractivity (Wildman–Crippen MR) is 192 cm³/mol. The Morgan fingerprint density at radius 1 is 0.923 bits per heavy atom. The molecule has 4 aromatic rings. The second-order valence-corrected chi connectivity index (χ2v) is 16.0. The van der Waals surface area contributed by atoms with Gasteiger partial charge in [0.2, 0.25) is 0 Å². The third-order valence-corrected chi connectivity index (χ3v) is 10.9. The lowest BCUT2D eigenvalue weighted by Gasteiger charge is -2.29. The number of carbonyl (C=O) groups excluding carboxylic acids is 1. The summed E-state index contributed by atoms with van der Waals surface area (Å²) >= 11 is 0. The third kappa shape index (κ3) is 7.18. The highest BCUT2D eigenvalue weighted by molar-refractivity contribution is 7.93. The number of benzene rings is 2. The summed E-state index contributed by atoms with van der Waals surface area (Å²) in [4.78, 5) is 14.4. The normalized spacial score (nSPS) is 19.5. The van der Waals surface area contributed by atoms with E-state index in [0.29, 0.717) is 52.7 Å². The van der Waals surface area contributed by atoms with Gasteiger partial charge in [-0.1, -0.05) is 5.16 Å². The molecule has 2 N–H and O–H groups in total. The maximum atomic E-state index is 14.1. The van der Waals surface area contributed by atoms with E-state index in [0.717, 1.165) is 50.8 Å². The lowest BCUT2D eigenvalue weighted by atomic mass is 10.0. The number of rotatable bonds is 11. The van der Waals surface area contributed by atoms with Gasteiger partial charge in [-0.2, -0.15) is 5.10 Å². The van der Waals surface area contributed by atoms with Crippen LogP contribution >= 0.6 is 0 Å². The molecule has 3 aliphatic rings. The van der Waals surface area contributed by atoms with E-state index in [1.807, 2.05) is 31.5 Å². The molecular weight excluding hydrogens is 692 g/mol. The van der Waals surface area contributed by atoms with Gasteiger partial charge in [-0.25, -0.2) is 17.9 Å². The molecular formula is C36H46N6O9S. The van der Waals surface area contributed by atoms with Crippen LogP contribution in [0.25, 0.3) is 11.0 Å². The number of hydrogen-bond donors (Lipinski definition) is 2. The van der Waals surface area contributed by atoms with E-state index in [2.05, 4.69) is 15.2 Å². The number of fused-ring (bicyclic) bond motifs is 1. The van der Waals surface area contributed by atoms with Gasteiger partial charge in [-0.05, 0) is 89.5 Å². The highest BCUT2D eigenvalue weighted by atomic mass is 32.2. The minimum atomic E-state index is -4.36. The van der Waals surface area contributed by atoms with Crippen molar-refractivity contribution in [3.8, 4) is 17.2 Å². The van der Waals surface area contributed by atoms with E-state index in [1.165, 1.54) is 21.3 Å². The highest BCUT2D eigenvalue weighted by Gasteiger charge is 2.36. The van der Waals surface area contributed by atoms with Crippen LogP contribution in [0.1, 0.15) is 95.2 Å². The van der Waals surface area contributed by atoms with Gasteiger partial charge in [0.25, 0.3) is 10.0 Å². The van der Waals surface area contributed by atoms with Crippen LogP contribution in [0.2, 0.25) is 0 Å². The molecule has 1 aliphatic carbocycles. The van der Waals surface area contributed by atoms with Crippen molar-refractivity contribution in [1.29, 1.82) is 0 Å². The van der Waals surface area contributed by atoms with Crippen LogP contribution < -0.4 is 24.2 Å². The average Bonchev–Trinajstić information content (AvgIpc) is 3.49. The third-order valence-electron chi connectivity index (χ3n) is 9.49. The summed E-state index contributed by atoms with van der Waals surface area (Å²) < 4.78 is 66.9. The van der Waals surface area contributed by atoms with Crippen LogP contribution in [-0.2, 0) is 19.5 Å². The lowest BCUT2D eigenvalue weighted by Crippen LogP contribution is -2.36. The summed E-state index contributed by atoms with van der Waals surface area (Å²) in [7, 11) is -0.0762. The van der Waals surface area contributed by atoms with Gasteiger partial charge in [-0.15, -0.1) is 0 Å². The van der Waals surface area contributed by atoms with Crippen LogP contribution in [0.4, 0.5) is 22.1 Å². The molecule has 52 heavy (non-hydrogen) atoms. The van der Waals surface area contributed by atoms with Crippen molar-refractivity contribution in [3.05, 3.63) is 41.6 Å². The van der Waals surface area contributed by atoms with Crippen LogP contribution in [-0.4, -0.2) is 74.4 Å². The van der Waals surface area contributed by atoms with E-state index < -0.39 is 21.7 Å². The van der Waals surface area contributed by atoms with Crippen LogP contribution in [0, 0.1) is 0 Å². The molecule has 2 aromatic heterocycles. The predicted octanol–water partition coefficient (Wildman–Crippen LogP) is 7.24. The minimum absolute atomic E-state index is 0.0402. The molecule has 2 saturated heterocycles. The summed E-state index contributed by atoms with van der Waals surface area (Å²) in [6, 6.07) is 8.27. The molecule has 2 aromatic carbocycles. The summed E-state index contributed by atoms with van der Waals surface area (Å²) in [5.74, 6) is 1.57. The van der Waals surface area contributed by atoms with Gasteiger partial charge < -0.3 is 38.4 Å².